The number of benzene rings is 2. The third-order valence-corrected chi connectivity index (χ3v) is 5.90. The lowest BCUT2D eigenvalue weighted by atomic mass is 10.2. The van der Waals surface area contributed by atoms with Crippen molar-refractivity contribution in [3.8, 4) is 17.4 Å². The molecule has 4 rings (SSSR count). The van der Waals surface area contributed by atoms with Crippen LogP contribution in [0.3, 0.4) is 0 Å². The van der Waals surface area contributed by atoms with Crippen LogP contribution < -0.4 is 36.5 Å². The van der Waals surface area contributed by atoms with Crippen LogP contribution in [0.4, 0.5) is 23.0 Å². The predicted molar refractivity (Wildman–Crippen MR) is 142 cm³/mol. The maximum absolute atomic E-state index is 12.0. The van der Waals surface area contributed by atoms with Gasteiger partial charge in [-0.25, -0.2) is 4.98 Å². The predicted octanol–water partition coefficient (Wildman–Crippen LogP) is 2.70. The zero-order chi connectivity index (χ0) is 27.2. The number of carbonyl (C=O) groups excluding carboxylic acids is 3. The Balaban J connectivity index is 1.63. The summed E-state index contributed by atoms with van der Waals surface area (Å²) in [6.45, 7) is 4.14. The first kappa shape index (κ1) is 25.9. The Morgan fingerprint density at radius 1 is 1.13 bits per heavy atom. The number of nitrogens with zero attached hydrogens (tertiary/aromatic N) is 3. The molecule has 12 nitrogen and oxygen atoms in total. The Morgan fingerprint density at radius 3 is 2.63 bits per heavy atom. The number of carbonyl (C=O) groups is 3. The van der Waals surface area contributed by atoms with Crippen molar-refractivity contribution in [2.45, 2.75) is 18.9 Å². The fourth-order valence-corrected chi connectivity index (χ4v) is 4.07. The second-order valence-corrected chi connectivity index (χ2v) is 8.33. The Morgan fingerprint density at radius 2 is 1.92 bits per heavy atom. The fraction of sp³-hybridized carbons (Fsp3) is 0.192. The number of aromatic nitrogens is 2. The quantitative estimate of drug-likeness (QED) is 0.295. The smallest absolute Gasteiger partial charge is 0.255 e. The third-order valence-electron chi connectivity index (χ3n) is 5.90. The standard InChI is InChI=1S/C26H27N7O5/c1-3-22(34)30-17-7-4-5-9-20(17)38-25-16(23(27)35)14-29-26(32-25)31-18-11-10-15(13-21(18)37-2)33-12-6-8-19(33)24(28)36/h3-5,7,9-11,13-14,19H,1,6,8,12H2,2H3,(H2,27,35)(H2,28,36)(H,30,34)(H,29,31,32)/t19-/m1/s1. The molecule has 38 heavy (non-hydrogen) atoms. The van der Waals surface area contributed by atoms with Crippen LogP contribution in [-0.4, -0.2) is 47.4 Å². The molecule has 1 aliphatic rings. The molecule has 2 aromatic carbocycles. The van der Waals surface area contributed by atoms with Crippen LogP contribution >= 0.6 is 0 Å². The normalized spacial score (nSPS) is 14.4. The summed E-state index contributed by atoms with van der Waals surface area (Å²) in [5, 5.41) is 5.68. The van der Waals surface area contributed by atoms with Crippen LogP contribution in [-0.2, 0) is 9.59 Å². The van der Waals surface area contributed by atoms with Gasteiger partial charge in [-0.15, -0.1) is 0 Å². The number of anilines is 4. The first-order valence-electron chi connectivity index (χ1n) is 11.7. The lowest BCUT2D eigenvalue weighted by Crippen LogP contribution is -2.40. The Labute approximate surface area is 218 Å². The first-order valence-corrected chi connectivity index (χ1v) is 11.7. The van der Waals surface area contributed by atoms with Gasteiger partial charge in [0.05, 0.1) is 18.5 Å². The molecule has 0 unspecified atom stereocenters. The van der Waals surface area contributed by atoms with E-state index in [1.165, 1.54) is 13.3 Å². The minimum atomic E-state index is -0.796. The highest BCUT2D eigenvalue weighted by Gasteiger charge is 2.29. The van der Waals surface area contributed by atoms with Crippen LogP contribution in [0.5, 0.6) is 17.4 Å². The molecular weight excluding hydrogens is 490 g/mol. The molecule has 3 aromatic rings. The Kier molecular flexibility index (Phi) is 7.71. The fourth-order valence-electron chi connectivity index (χ4n) is 4.07. The van der Waals surface area contributed by atoms with Gasteiger partial charge in [0, 0.05) is 24.5 Å². The summed E-state index contributed by atoms with van der Waals surface area (Å²) in [6.07, 6.45) is 3.91. The van der Waals surface area contributed by atoms with Crippen molar-refractivity contribution in [3.05, 3.63) is 66.9 Å². The molecule has 0 aliphatic carbocycles. The number of ether oxygens (including phenoxy) is 2. The maximum Gasteiger partial charge on any atom is 0.255 e. The molecule has 0 spiro atoms. The third kappa shape index (κ3) is 5.64. The molecule has 1 saturated heterocycles. The first-order chi connectivity index (χ1) is 18.3. The van der Waals surface area contributed by atoms with Gasteiger partial charge >= 0.3 is 0 Å². The van der Waals surface area contributed by atoms with Crippen molar-refractivity contribution in [2.24, 2.45) is 11.5 Å². The number of primary amides is 2. The van der Waals surface area contributed by atoms with Gasteiger partial charge in [0.2, 0.25) is 23.6 Å². The van der Waals surface area contributed by atoms with Gasteiger partial charge in [-0.2, -0.15) is 4.98 Å². The van der Waals surface area contributed by atoms with Crippen LogP contribution in [0.1, 0.15) is 23.2 Å². The molecule has 0 radical (unpaired) electrons. The summed E-state index contributed by atoms with van der Waals surface area (Å²) in [6, 6.07) is 11.6. The average molecular weight is 518 g/mol. The molecule has 0 bridgehead atoms. The molecular formula is C26H27N7O5. The highest BCUT2D eigenvalue weighted by Crippen LogP contribution is 2.35. The maximum atomic E-state index is 12.0. The number of hydrogen-bond donors (Lipinski definition) is 4. The molecule has 2 heterocycles. The minimum Gasteiger partial charge on any atom is -0.494 e. The van der Waals surface area contributed by atoms with E-state index in [1.807, 2.05) is 11.0 Å². The second kappa shape index (κ2) is 11.3. The molecule has 1 aliphatic heterocycles. The van der Waals surface area contributed by atoms with Crippen molar-refractivity contribution in [1.82, 2.24) is 9.97 Å². The van der Waals surface area contributed by atoms with Crippen molar-refractivity contribution in [1.29, 1.82) is 0 Å². The van der Waals surface area contributed by atoms with Gasteiger partial charge in [0.1, 0.15) is 17.4 Å². The van der Waals surface area contributed by atoms with Gasteiger partial charge < -0.3 is 36.5 Å². The molecule has 6 N–H and O–H groups in total. The van der Waals surface area contributed by atoms with E-state index in [2.05, 4.69) is 27.2 Å². The summed E-state index contributed by atoms with van der Waals surface area (Å²) in [5.74, 6) is -0.924. The van der Waals surface area contributed by atoms with Gasteiger partial charge in [-0.1, -0.05) is 18.7 Å². The summed E-state index contributed by atoms with van der Waals surface area (Å²) in [5.41, 5.74) is 12.7. The van der Waals surface area contributed by atoms with Gasteiger partial charge in [0.25, 0.3) is 5.91 Å². The second-order valence-electron chi connectivity index (χ2n) is 8.33. The van der Waals surface area contributed by atoms with Crippen molar-refractivity contribution >= 4 is 40.7 Å². The number of rotatable bonds is 10. The molecule has 1 atom stereocenters. The number of nitrogens with two attached hydrogens (primary N) is 2. The molecule has 3 amide bonds. The summed E-state index contributed by atoms with van der Waals surface area (Å²) < 4.78 is 11.4. The highest BCUT2D eigenvalue weighted by molar-refractivity contribution is 6.00. The Hall–Kier alpha value is -5.13. The molecule has 0 saturated carbocycles. The SMILES string of the molecule is C=CC(=O)Nc1ccccc1Oc1nc(Nc2ccc(N3CCC[C@@H]3C(N)=O)cc2OC)ncc1C(N)=O. The van der Waals surface area contributed by atoms with E-state index in [-0.39, 0.29) is 35.1 Å². The van der Waals surface area contributed by atoms with Gasteiger partial charge in [-0.3, -0.25) is 14.4 Å². The average Bonchev–Trinajstić information content (AvgIpc) is 3.40. The lowest BCUT2D eigenvalue weighted by molar-refractivity contribution is -0.119. The van der Waals surface area contributed by atoms with E-state index in [9.17, 15) is 14.4 Å². The molecule has 1 fully saturated rings. The summed E-state index contributed by atoms with van der Waals surface area (Å²) in [4.78, 5) is 46.1. The van der Waals surface area contributed by atoms with Crippen molar-refractivity contribution in [3.63, 3.8) is 0 Å². The van der Waals surface area contributed by atoms with Crippen LogP contribution in [0.15, 0.2) is 61.3 Å². The minimum absolute atomic E-state index is 0.0609. The van der Waals surface area contributed by atoms with Gasteiger partial charge in [-0.05, 0) is 43.2 Å². The van der Waals surface area contributed by atoms with Crippen molar-refractivity contribution in [2.75, 3.05) is 29.2 Å². The zero-order valence-corrected chi connectivity index (χ0v) is 20.6. The number of para-hydroxylation sites is 2. The summed E-state index contributed by atoms with van der Waals surface area (Å²) >= 11 is 0. The molecule has 12 heteroatoms. The van der Waals surface area contributed by atoms with Crippen LogP contribution in [0, 0.1) is 0 Å². The van der Waals surface area contributed by atoms with E-state index < -0.39 is 11.8 Å². The monoisotopic (exact) mass is 517 g/mol. The van der Waals surface area contributed by atoms with E-state index in [1.54, 1.807) is 36.4 Å². The van der Waals surface area contributed by atoms with E-state index in [4.69, 9.17) is 20.9 Å². The summed E-state index contributed by atoms with van der Waals surface area (Å²) in [7, 11) is 1.51. The molecule has 1 aromatic heterocycles. The van der Waals surface area contributed by atoms with E-state index in [0.717, 1.165) is 18.2 Å². The van der Waals surface area contributed by atoms with Crippen LogP contribution in [0.25, 0.3) is 0 Å². The number of amides is 3. The number of methoxy groups -OCH3 is 1. The van der Waals surface area contributed by atoms with E-state index in [0.29, 0.717) is 30.1 Å². The highest BCUT2D eigenvalue weighted by atomic mass is 16.5. The topological polar surface area (TPSA) is 175 Å². The van der Waals surface area contributed by atoms with Crippen molar-refractivity contribution < 1.29 is 23.9 Å². The molecule has 196 valence electrons. The number of hydrogen-bond acceptors (Lipinski definition) is 9. The number of nitrogens with one attached hydrogen (secondary N) is 2. The Bertz CT molecular complexity index is 1390. The zero-order valence-electron chi connectivity index (χ0n) is 20.6. The lowest BCUT2D eigenvalue weighted by Gasteiger charge is -2.25. The van der Waals surface area contributed by atoms with Gasteiger partial charge in [0.15, 0.2) is 5.75 Å². The largest absolute Gasteiger partial charge is 0.494 e. The van der Waals surface area contributed by atoms with Crippen LogP contribution in [0.2, 0.25) is 0 Å². The van der Waals surface area contributed by atoms with E-state index >= 15 is 0 Å².